The maximum atomic E-state index is 13.9. The summed E-state index contributed by atoms with van der Waals surface area (Å²) < 4.78 is 19.6. The van der Waals surface area contributed by atoms with Gasteiger partial charge in [0.25, 0.3) is 0 Å². The van der Waals surface area contributed by atoms with Gasteiger partial charge < -0.3 is 9.72 Å². The zero-order chi connectivity index (χ0) is 14.2. The number of hydrogen-bond acceptors (Lipinski definition) is 3. The van der Waals surface area contributed by atoms with Gasteiger partial charge in [0.1, 0.15) is 5.52 Å². The lowest BCUT2D eigenvalue weighted by molar-refractivity contribution is 0.112. The molecule has 3 aromatic rings. The molecule has 1 aliphatic rings. The number of nitrogens with one attached hydrogen (secondary N) is 1. The summed E-state index contributed by atoms with van der Waals surface area (Å²) in [6, 6.07) is 7.11. The van der Waals surface area contributed by atoms with Crippen LogP contribution in [0.25, 0.3) is 22.3 Å². The highest BCUT2D eigenvalue weighted by atomic mass is 19.1. The minimum Gasteiger partial charge on any atom is -0.373 e. The summed E-state index contributed by atoms with van der Waals surface area (Å²) in [7, 11) is 0. The Kier molecular flexibility index (Phi) is 2.93. The number of hydrogen-bond donors (Lipinski definition) is 1. The molecular weight excluding hydrogens is 269 g/mol. The van der Waals surface area contributed by atoms with Crippen molar-refractivity contribution in [1.82, 2.24) is 15.0 Å². The fourth-order valence-electron chi connectivity index (χ4n) is 2.89. The van der Waals surface area contributed by atoms with E-state index >= 15 is 0 Å². The van der Waals surface area contributed by atoms with Crippen molar-refractivity contribution < 1.29 is 9.13 Å². The van der Waals surface area contributed by atoms with Crippen molar-refractivity contribution in [3.05, 3.63) is 48.2 Å². The summed E-state index contributed by atoms with van der Waals surface area (Å²) in [6.45, 7) is 0.726. The van der Waals surface area contributed by atoms with Crippen LogP contribution in [0.3, 0.4) is 0 Å². The van der Waals surface area contributed by atoms with Crippen molar-refractivity contribution in [1.29, 1.82) is 0 Å². The smallest absolute Gasteiger partial charge is 0.213 e. The Morgan fingerprint density at radius 2 is 2.29 bits per heavy atom. The van der Waals surface area contributed by atoms with Crippen molar-refractivity contribution in [2.75, 3.05) is 6.61 Å². The molecule has 4 nitrogen and oxygen atoms in total. The SMILES string of the molecule is Fc1cc([C@@H]2CCCO2)c2[nH]cc(-c3ccccn3)c2n1. The lowest BCUT2D eigenvalue weighted by atomic mass is 10.1. The molecule has 4 rings (SSSR count). The zero-order valence-corrected chi connectivity index (χ0v) is 11.3. The van der Waals surface area contributed by atoms with Crippen molar-refractivity contribution in [2.24, 2.45) is 0 Å². The van der Waals surface area contributed by atoms with Gasteiger partial charge in [-0.3, -0.25) is 4.98 Å². The Bertz CT molecular complexity index is 779. The first-order chi connectivity index (χ1) is 10.3. The number of halogens is 1. The normalized spacial score (nSPS) is 18.4. The third-order valence-corrected chi connectivity index (χ3v) is 3.85. The number of pyridine rings is 2. The van der Waals surface area contributed by atoms with Crippen molar-refractivity contribution >= 4 is 11.0 Å². The topological polar surface area (TPSA) is 50.8 Å². The van der Waals surface area contributed by atoms with Crippen molar-refractivity contribution in [2.45, 2.75) is 18.9 Å². The molecule has 5 heteroatoms. The molecule has 0 aliphatic carbocycles. The van der Waals surface area contributed by atoms with Gasteiger partial charge >= 0.3 is 0 Å². The van der Waals surface area contributed by atoms with E-state index in [0.717, 1.165) is 41.8 Å². The predicted octanol–water partition coefficient (Wildman–Crippen LogP) is 3.62. The van der Waals surface area contributed by atoms with E-state index in [1.807, 2.05) is 24.4 Å². The second-order valence-corrected chi connectivity index (χ2v) is 5.18. The van der Waals surface area contributed by atoms with Crippen LogP contribution in [0.15, 0.2) is 36.7 Å². The van der Waals surface area contributed by atoms with Crippen molar-refractivity contribution in [3.8, 4) is 11.3 Å². The molecule has 1 N–H and O–H groups in total. The Hall–Kier alpha value is -2.27. The van der Waals surface area contributed by atoms with Crippen LogP contribution in [0.5, 0.6) is 0 Å². The maximum Gasteiger partial charge on any atom is 0.213 e. The molecule has 21 heavy (non-hydrogen) atoms. The van der Waals surface area contributed by atoms with Gasteiger partial charge in [0.15, 0.2) is 0 Å². The first-order valence-corrected chi connectivity index (χ1v) is 7.03. The quantitative estimate of drug-likeness (QED) is 0.731. The van der Waals surface area contributed by atoms with Crippen LogP contribution < -0.4 is 0 Å². The summed E-state index contributed by atoms with van der Waals surface area (Å²) in [4.78, 5) is 11.6. The molecule has 1 aliphatic heterocycles. The molecule has 106 valence electrons. The highest BCUT2D eigenvalue weighted by molar-refractivity contribution is 5.93. The minimum atomic E-state index is -0.482. The summed E-state index contributed by atoms with van der Waals surface area (Å²) >= 11 is 0. The number of aromatic nitrogens is 3. The van der Waals surface area contributed by atoms with Gasteiger partial charge in [-0.05, 0) is 25.0 Å². The molecule has 0 radical (unpaired) electrons. The number of rotatable bonds is 2. The Balaban J connectivity index is 1.92. The Morgan fingerprint density at radius 1 is 1.33 bits per heavy atom. The largest absolute Gasteiger partial charge is 0.373 e. The number of aromatic amines is 1. The molecule has 0 spiro atoms. The highest BCUT2D eigenvalue weighted by Gasteiger charge is 2.23. The Morgan fingerprint density at radius 3 is 3.05 bits per heavy atom. The second-order valence-electron chi connectivity index (χ2n) is 5.18. The van der Waals surface area contributed by atoms with Crippen LogP contribution >= 0.6 is 0 Å². The van der Waals surface area contributed by atoms with E-state index in [-0.39, 0.29) is 6.10 Å². The molecule has 4 heterocycles. The van der Waals surface area contributed by atoms with Crippen LogP contribution in [0.4, 0.5) is 4.39 Å². The fraction of sp³-hybridized carbons (Fsp3) is 0.250. The lowest BCUT2D eigenvalue weighted by Crippen LogP contribution is -1.99. The van der Waals surface area contributed by atoms with Crippen LogP contribution in [0.2, 0.25) is 0 Å². The number of ether oxygens (including phenoxy) is 1. The van der Waals surface area contributed by atoms with Gasteiger partial charge in [-0.25, -0.2) is 4.98 Å². The molecule has 0 bridgehead atoms. The molecule has 0 amide bonds. The van der Waals surface area contributed by atoms with Gasteiger partial charge in [-0.2, -0.15) is 4.39 Å². The van der Waals surface area contributed by atoms with Gasteiger partial charge in [0.2, 0.25) is 5.95 Å². The van der Waals surface area contributed by atoms with E-state index in [9.17, 15) is 4.39 Å². The van der Waals surface area contributed by atoms with Crippen LogP contribution in [-0.2, 0) is 4.74 Å². The first kappa shape index (κ1) is 12.5. The van der Waals surface area contributed by atoms with E-state index in [2.05, 4.69) is 15.0 Å². The minimum absolute atomic E-state index is 0.0553. The zero-order valence-electron chi connectivity index (χ0n) is 11.3. The standard InChI is InChI=1S/C16H14FN3O/c17-14-8-10(13-5-3-7-21-13)15-16(20-14)11(9-19-15)12-4-1-2-6-18-12/h1-2,4,6,8-9,13,19H,3,5,7H2/t13-/m0/s1. The summed E-state index contributed by atoms with van der Waals surface area (Å²) in [5, 5.41) is 0. The molecule has 0 unspecified atom stereocenters. The van der Waals surface area contributed by atoms with Crippen LogP contribution in [-0.4, -0.2) is 21.6 Å². The third-order valence-electron chi connectivity index (χ3n) is 3.85. The summed E-state index contributed by atoms with van der Waals surface area (Å²) in [6.07, 6.45) is 5.41. The first-order valence-electron chi connectivity index (χ1n) is 7.03. The number of fused-ring (bicyclic) bond motifs is 1. The molecular formula is C16H14FN3O. The lowest BCUT2D eigenvalue weighted by Gasteiger charge is -2.11. The van der Waals surface area contributed by atoms with Gasteiger partial charge in [-0.1, -0.05) is 6.07 Å². The number of H-pyrrole nitrogens is 1. The average molecular weight is 283 g/mol. The monoisotopic (exact) mass is 283 g/mol. The second kappa shape index (κ2) is 4.93. The summed E-state index contributed by atoms with van der Waals surface area (Å²) in [5.74, 6) is -0.482. The van der Waals surface area contributed by atoms with Gasteiger partial charge in [-0.15, -0.1) is 0 Å². The van der Waals surface area contributed by atoms with E-state index in [1.54, 1.807) is 6.20 Å². The fourth-order valence-corrected chi connectivity index (χ4v) is 2.89. The van der Waals surface area contributed by atoms with Crippen LogP contribution in [0, 0.1) is 5.95 Å². The molecule has 0 saturated carbocycles. The molecule has 1 fully saturated rings. The number of nitrogens with zero attached hydrogens (tertiary/aromatic N) is 2. The molecule has 1 atom stereocenters. The van der Waals surface area contributed by atoms with E-state index in [4.69, 9.17) is 4.74 Å². The summed E-state index contributed by atoms with van der Waals surface area (Å²) in [5.41, 5.74) is 3.88. The van der Waals surface area contributed by atoms with E-state index < -0.39 is 5.95 Å². The molecule has 0 aromatic carbocycles. The Labute approximate surface area is 121 Å². The maximum absolute atomic E-state index is 13.9. The van der Waals surface area contributed by atoms with E-state index in [1.165, 1.54) is 6.07 Å². The van der Waals surface area contributed by atoms with Gasteiger partial charge in [0, 0.05) is 36.2 Å². The van der Waals surface area contributed by atoms with Gasteiger partial charge in [0.05, 0.1) is 17.3 Å². The van der Waals surface area contributed by atoms with Crippen molar-refractivity contribution in [3.63, 3.8) is 0 Å². The highest BCUT2D eigenvalue weighted by Crippen LogP contribution is 2.35. The molecule has 3 aromatic heterocycles. The van der Waals surface area contributed by atoms with Crippen LogP contribution in [0.1, 0.15) is 24.5 Å². The average Bonchev–Trinajstić information content (AvgIpc) is 3.17. The van der Waals surface area contributed by atoms with E-state index in [0.29, 0.717) is 5.52 Å². The predicted molar refractivity (Wildman–Crippen MR) is 77.2 cm³/mol. The third kappa shape index (κ3) is 2.10. The molecule has 1 saturated heterocycles.